The van der Waals surface area contributed by atoms with E-state index < -0.39 is 10.2 Å². The Morgan fingerprint density at radius 3 is 2.60 bits per heavy atom. The van der Waals surface area contributed by atoms with Gasteiger partial charge in [0.2, 0.25) is 0 Å². The smallest absolute Gasteiger partial charge is 0.279 e. The van der Waals surface area contributed by atoms with Crippen LogP contribution in [0.2, 0.25) is 0 Å². The third-order valence-electron chi connectivity index (χ3n) is 3.03. The largest absolute Gasteiger partial charge is 0.382 e. The number of ether oxygens (including phenoxy) is 2. The summed E-state index contributed by atoms with van der Waals surface area (Å²) in [7, 11) is -0.209. The zero-order chi connectivity index (χ0) is 14.8. The molecule has 1 aliphatic carbocycles. The summed E-state index contributed by atoms with van der Waals surface area (Å²) in [5.41, 5.74) is 0. The molecular formula is C12H27N3O4S. The zero-order valence-corrected chi connectivity index (χ0v) is 13.2. The Balaban J connectivity index is 2.04. The maximum atomic E-state index is 11.9. The summed E-state index contributed by atoms with van der Waals surface area (Å²) in [6.07, 6.45) is 3.32. The lowest BCUT2D eigenvalue weighted by Gasteiger charge is -2.17. The molecule has 120 valence electrons. The van der Waals surface area contributed by atoms with Crippen LogP contribution in [0, 0.1) is 0 Å². The highest BCUT2D eigenvalue weighted by Gasteiger charge is 2.20. The SMILES string of the molecule is COCCOCCNS(=O)(=O)N(C)CCCNC1CC1. The minimum Gasteiger partial charge on any atom is -0.382 e. The summed E-state index contributed by atoms with van der Waals surface area (Å²) in [5, 5.41) is 3.36. The van der Waals surface area contributed by atoms with Crippen molar-refractivity contribution in [2.24, 2.45) is 0 Å². The minimum atomic E-state index is -3.39. The van der Waals surface area contributed by atoms with Gasteiger partial charge in [0, 0.05) is 33.3 Å². The van der Waals surface area contributed by atoms with Crippen molar-refractivity contribution >= 4 is 10.2 Å². The Hall–Kier alpha value is -0.250. The van der Waals surface area contributed by atoms with Crippen LogP contribution < -0.4 is 10.0 Å². The number of nitrogens with zero attached hydrogens (tertiary/aromatic N) is 1. The molecule has 1 aliphatic rings. The highest BCUT2D eigenvalue weighted by molar-refractivity contribution is 7.87. The molecule has 0 atom stereocenters. The van der Waals surface area contributed by atoms with Crippen LogP contribution in [0.1, 0.15) is 19.3 Å². The van der Waals surface area contributed by atoms with Crippen molar-refractivity contribution < 1.29 is 17.9 Å². The molecular weight excluding hydrogens is 282 g/mol. The zero-order valence-electron chi connectivity index (χ0n) is 12.4. The Bertz CT molecular complexity index is 347. The van der Waals surface area contributed by atoms with Crippen molar-refractivity contribution in [2.45, 2.75) is 25.3 Å². The molecule has 1 rings (SSSR count). The second-order valence-corrected chi connectivity index (χ2v) is 6.77. The first-order valence-electron chi connectivity index (χ1n) is 7.07. The molecule has 0 amide bonds. The van der Waals surface area contributed by atoms with E-state index in [1.165, 1.54) is 17.1 Å². The second-order valence-electron chi connectivity index (χ2n) is 4.91. The quantitative estimate of drug-likeness (QED) is 0.451. The predicted molar refractivity (Wildman–Crippen MR) is 77.9 cm³/mol. The number of hydrogen-bond donors (Lipinski definition) is 2. The van der Waals surface area contributed by atoms with Crippen LogP contribution in [0.3, 0.4) is 0 Å². The van der Waals surface area contributed by atoms with Gasteiger partial charge in [-0.3, -0.25) is 0 Å². The molecule has 8 heteroatoms. The monoisotopic (exact) mass is 309 g/mol. The van der Waals surface area contributed by atoms with Crippen molar-refractivity contribution in [2.75, 3.05) is 53.6 Å². The Morgan fingerprint density at radius 2 is 1.95 bits per heavy atom. The number of rotatable bonds is 13. The Labute approximate surface area is 122 Å². The van der Waals surface area contributed by atoms with Crippen LogP contribution >= 0.6 is 0 Å². The van der Waals surface area contributed by atoms with E-state index in [1.807, 2.05) is 0 Å². The molecule has 0 saturated heterocycles. The normalized spacial score (nSPS) is 15.9. The van der Waals surface area contributed by atoms with Gasteiger partial charge in [-0.15, -0.1) is 0 Å². The number of hydrogen-bond acceptors (Lipinski definition) is 5. The molecule has 0 aromatic heterocycles. The van der Waals surface area contributed by atoms with Crippen molar-refractivity contribution in [3.63, 3.8) is 0 Å². The lowest BCUT2D eigenvalue weighted by Crippen LogP contribution is -2.40. The minimum absolute atomic E-state index is 0.275. The molecule has 0 unspecified atom stereocenters. The molecule has 0 aromatic carbocycles. The fraction of sp³-hybridized carbons (Fsp3) is 1.00. The van der Waals surface area contributed by atoms with Gasteiger partial charge in [0.05, 0.1) is 19.8 Å². The van der Waals surface area contributed by atoms with Crippen molar-refractivity contribution in [1.82, 2.24) is 14.3 Å². The summed E-state index contributed by atoms with van der Waals surface area (Å²) in [6, 6.07) is 0.666. The van der Waals surface area contributed by atoms with Gasteiger partial charge >= 0.3 is 0 Å². The third-order valence-corrected chi connectivity index (χ3v) is 4.61. The first kappa shape index (κ1) is 17.8. The van der Waals surface area contributed by atoms with Gasteiger partial charge in [-0.1, -0.05) is 0 Å². The summed E-state index contributed by atoms with van der Waals surface area (Å²) in [4.78, 5) is 0. The Kier molecular flexibility index (Phi) is 8.58. The number of nitrogens with one attached hydrogen (secondary N) is 2. The average molecular weight is 309 g/mol. The van der Waals surface area contributed by atoms with Crippen LogP contribution in [0.4, 0.5) is 0 Å². The second kappa shape index (κ2) is 9.64. The summed E-state index contributed by atoms with van der Waals surface area (Å²) in [6.45, 7) is 2.99. The van der Waals surface area contributed by atoms with Crippen LogP contribution in [-0.4, -0.2) is 72.4 Å². The van der Waals surface area contributed by atoms with Crippen LogP contribution in [0.15, 0.2) is 0 Å². The molecule has 1 fully saturated rings. The molecule has 1 saturated carbocycles. The molecule has 20 heavy (non-hydrogen) atoms. The van der Waals surface area contributed by atoms with Crippen LogP contribution in [0.25, 0.3) is 0 Å². The first-order chi connectivity index (χ1) is 9.56. The van der Waals surface area contributed by atoms with E-state index in [9.17, 15) is 8.42 Å². The van der Waals surface area contributed by atoms with Gasteiger partial charge in [-0.05, 0) is 25.8 Å². The van der Waals surface area contributed by atoms with Gasteiger partial charge in [0.15, 0.2) is 0 Å². The molecule has 0 aliphatic heterocycles. The van der Waals surface area contributed by atoms with E-state index in [2.05, 4.69) is 10.0 Å². The maximum absolute atomic E-state index is 11.9. The lowest BCUT2D eigenvalue weighted by molar-refractivity contribution is 0.0735. The molecule has 0 radical (unpaired) electrons. The molecule has 0 aromatic rings. The highest BCUT2D eigenvalue weighted by Crippen LogP contribution is 2.18. The van der Waals surface area contributed by atoms with Crippen molar-refractivity contribution in [3.05, 3.63) is 0 Å². The van der Waals surface area contributed by atoms with E-state index in [1.54, 1.807) is 14.2 Å². The topological polar surface area (TPSA) is 79.9 Å². The molecule has 2 N–H and O–H groups in total. The van der Waals surface area contributed by atoms with Gasteiger partial charge in [-0.25, -0.2) is 0 Å². The fourth-order valence-corrected chi connectivity index (χ4v) is 2.54. The molecule has 0 spiro atoms. The fourth-order valence-electron chi connectivity index (χ4n) is 1.61. The average Bonchev–Trinajstić information content (AvgIpc) is 3.22. The summed E-state index contributed by atoms with van der Waals surface area (Å²) >= 11 is 0. The lowest BCUT2D eigenvalue weighted by atomic mass is 10.4. The molecule has 0 heterocycles. The van der Waals surface area contributed by atoms with E-state index in [0.29, 0.717) is 32.4 Å². The van der Waals surface area contributed by atoms with Crippen LogP contribution in [-0.2, 0) is 19.7 Å². The van der Waals surface area contributed by atoms with Gasteiger partial charge in [0.1, 0.15) is 0 Å². The van der Waals surface area contributed by atoms with Crippen LogP contribution in [0.5, 0.6) is 0 Å². The van der Waals surface area contributed by atoms with Gasteiger partial charge in [0.25, 0.3) is 10.2 Å². The van der Waals surface area contributed by atoms with Gasteiger partial charge in [-0.2, -0.15) is 17.4 Å². The highest BCUT2D eigenvalue weighted by atomic mass is 32.2. The van der Waals surface area contributed by atoms with Crippen molar-refractivity contribution in [3.8, 4) is 0 Å². The molecule has 7 nitrogen and oxygen atoms in total. The van der Waals surface area contributed by atoms with E-state index >= 15 is 0 Å². The van der Waals surface area contributed by atoms with Crippen molar-refractivity contribution in [1.29, 1.82) is 0 Å². The third kappa shape index (κ3) is 8.13. The maximum Gasteiger partial charge on any atom is 0.279 e. The number of methoxy groups -OCH3 is 1. The first-order valence-corrected chi connectivity index (χ1v) is 8.51. The standard InChI is InChI=1S/C12H27N3O4S/c1-15(8-3-6-13-12-4-5-12)20(16,17)14-7-9-19-11-10-18-2/h12-14H,3-11H2,1-2H3. The summed E-state index contributed by atoms with van der Waals surface area (Å²) in [5.74, 6) is 0. The summed E-state index contributed by atoms with van der Waals surface area (Å²) < 4.78 is 37.6. The van der Waals surface area contributed by atoms with Gasteiger partial charge < -0.3 is 14.8 Å². The Morgan fingerprint density at radius 1 is 1.20 bits per heavy atom. The van der Waals surface area contributed by atoms with E-state index in [-0.39, 0.29) is 6.54 Å². The van der Waals surface area contributed by atoms with E-state index in [0.717, 1.165) is 13.0 Å². The predicted octanol–water partition coefficient (Wildman–Crippen LogP) is -0.442. The van der Waals surface area contributed by atoms with E-state index in [4.69, 9.17) is 9.47 Å². The molecule has 0 bridgehead atoms.